The summed E-state index contributed by atoms with van der Waals surface area (Å²) in [6, 6.07) is 7.42. The predicted molar refractivity (Wildman–Crippen MR) is 75.9 cm³/mol. The maximum Gasteiger partial charge on any atom is 0.355 e. The van der Waals surface area contributed by atoms with Gasteiger partial charge in [0.15, 0.2) is 5.69 Å². The summed E-state index contributed by atoms with van der Waals surface area (Å²) in [7, 11) is 1.61. The fourth-order valence-corrected chi connectivity index (χ4v) is 2.44. The van der Waals surface area contributed by atoms with Gasteiger partial charge in [-0.15, -0.1) is 11.3 Å². The highest BCUT2D eigenvalue weighted by atomic mass is 32.1. The SMILES string of the molecule is COc1cccc(OCCCc2nc(C(=O)O)cs2)c1. The van der Waals surface area contributed by atoms with Gasteiger partial charge in [-0.3, -0.25) is 0 Å². The van der Waals surface area contributed by atoms with Crippen LogP contribution >= 0.6 is 11.3 Å². The molecule has 2 aromatic rings. The van der Waals surface area contributed by atoms with Gasteiger partial charge in [0, 0.05) is 17.9 Å². The van der Waals surface area contributed by atoms with E-state index in [0.29, 0.717) is 13.0 Å². The van der Waals surface area contributed by atoms with Crippen molar-refractivity contribution in [2.45, 2.75) is 12.8 Å². The number of methoxy groups -OCH3 is 1. The molecule has 0 fully saturated rings. The molecule has 0 aliphatic rings. The molecule has 0 amide bonds. The lowest BCUT2D eigenvalue weighted by Crippen LogP contribution is -2.00. The van der Waals surface area contributed by atoms with Crippen molar-refractivity contribution in [2.75, 3.05) is 13.7 Å². The van der Waals surface area contributed by atoms with Gasteiger partial charge in [-0.2, -0.15) is 0 Å². The number of aromatic nitrogens is 1. The number of carboxylic acids is 1. The molecule has 1 aromatic carbocycles. The van der Waals surface area contributed by atoms with E-state index in [2.05, 4.69) is 4.98 Å². The van der Waals surface area contributed by atoms with Gasteiger partial charge >= 0.3 is 5.97 Å². The minimum Gasteiger partial charge on any atom is -0.497 e. The Morgan fingerprint density at radius 2 is 2.20 bits per heavy atom. The van der Waals surface area contributed by atoms with Crippen molar-refractivity contribution in [1.29, 1.82) is 0 Å². The first-order valence-corrected chi connectivity index (χ1v) is 7.01. The van der Waals surface area contributed by atoms with Crippen LogP contribution in [-0.4, -0.2) is 29.8 Å². The first-order chi connectivity index (χ1) is 9.69. The van der Waals surface area contributed by atoms with Gasteiger partial charge in [0.25, 0.3) is 0 Å². The fraction of sp³-hybridized carbons (Fsp3) is 0.286. The van der Waals surface area contributed by atoms with Crippen molar-refractivity contribution in [3.05, 3.63) is 40.3 Å². The monoisotopic (exact) mass is 293 g/mol. The summed E-state index contributed by atoms with van der Waals surface area (Å²) in [5.74, 6) is 0.531. The van der Waals surface area contributed by atoms with Crippen LogP contribution in [0.5, 0.6) is 11.5 Å². The third-order valence-electron chi connectivity index (χ3n) is 2.62. The smallest absolute Gasteiger partial charge is 0.355 e. The summed E-state index contributed by atoms with van der Waals surface area (Å²) in [6.45, 7) is 0.551. The average molecular weight is 293 g/mol. The Labute approximate surface area is 120 Å². The molecular formula is C14H15NO4S. The number of thiazole rings is 1. The minimum atomic E-state index is -0.986. The Hall–Kier alpha value is -2.08. The zero-order chi connectivity index (χ0) is 14.4. The van der Waals surface area contributed by atoms with E-state index in [4.69, 9.17) is 14.6 Å². The molecule has 1 heterocycles. The molecule has 0 unspecified atom stereocenters. The molecule has 2 rings (SSSR count). The van der Waals surface area contributed by atoms with Crippen molar-refractivity contribution in [3.8, 4) is 11.5 Å². The van der Waals surface area contributed by atoms with Crippen LogP contribution in [0.25, 0.3) is 0 Å². The molecule has 0 bridgehead atoms. The van der Waals surface area contributed by atoms with Crippen LogP contribution in [-0.2, 0) is 6.42 Å². The van der Waals surface area contributed by atoms with Gasteiger partial charge in [-0.25, -0.2) is 9.78 Å². The number of rotatable bonds is 7. The van der Waals surface area contributed by atoms with Crippen molar-refractivity contribution < 1.29 is 19.4 Å². The second-order valence-corrected chi connectivity index (χ2v) is 5.01. The number of carbonyl (C=O) groups is 1. The molecule has 0 aliphatic carbocycles. The zero-order valence-corrected chi connectivity index (χ0v) is 11.9. The number of benzene rings is 1. The van der Waals surface area contributed by atoms with Gasteiger partial charge in [0.1, 0.15) is 11.5 Å². The highest BCUT2D eigenvalue weighted by Crippen LogP contribution is 2.19. The minimum absolute atomic E-state index is 0.110. The fourth-order valence-electron chi connectivity index (χ4n) is 1.63. The van der Waals surface area contributed by atoms with Crippen molar-refractivity contribution in [2.24, 2.45) is 0 Å². The summed E-state index contributed by atoms with van der Waals surface area (Å²) < 4.78 is 10.7. The van der Waals surface area contributed by atoms with Crippen molar-refractivity contribution in [1.82, 2.24) is 4.98 Å². The lowest BCUT2D eigenvalue weighted by molar-refractivity contribution is 0.0691. The average Bonchev–Trinajstić information content (AvgIpc) is 2.93. The third-order valence-corrected chi connectivity index (χ3v) is 3.52. The van der Waals surface area contributed by atoms with Crippen LogP contribution in [0.15, 0.2) is 29.6 Å². The van der Waals surface area contributed by atoms with E-state index >= 15 is 0 Å². The van der Waals surface area contributed by atoms with E-state index in [1.54, 1.807) is 12.5 Å². The van der Waals surface area contributed by atoms with Gasteiger partial charge in [0.2, 0.25) is 0 Å². The molecule has 106 valence electrons. The molecule has 5 nitrogen and oxygen atoms in total. The van der Waals surface area contributed by atoms with Gasteiger partial charge < -0.3 is 14.6 Å². The molecule has 1 N–H and O–H groups in total. The quantitative estimate of drug-likeness (QED) is 0.795. The largest absolute Gasteiger partial charge is 0.497 e. The second kappa shape index (κ2) is 6.91. The van der Waals surface area contributed by atoms with E-state index in [1.165, 1.54) is 11.3 Å². The summed E-state index contributed by atoms with van der Waals surface area (Å²) in [6.07, 6.45) is 1.49. The lowest BCUT2D eigenvalue weighted by atomic mass is 10.3. The molecule has 0 atom stereocenters. The molecule has 0 aliphatic heterocycles. The number of hydrogen-bond donors (Lipinski definition) is 1. The highest BCUT2D eigenvalue weighted by molar-refractivity contribution is 7.09. The van der Waals surface area contributed by atoms with Gasteiger partial charge in [0.05, 0.1) is 18.7 Å². The second-order valence-electron chi connectivity index (χ2n) is 4.06. The topological polar surface area (TPSA) is 68.7 Å². The van der Waals surface area contributed by atoms with Gasteiger partial charge in [-0.1, -0.05) is 6.07 Å². The maximum absolute atomic E-state index is 10.7. The number of aryl methyl sites for hydroxylation is 1. The van der Waals surface area contributed by atoms with E-state index < -0.39 is 5.97 Å². The Morgan fingerprint density at radius 3 is 2.90 bits per heavy atom. The van der Waals surface area contributed by atoms with E-state index in [-0.39, 0.29) is 5.69 Å². The predicted octanol–water partition coefficient (Wildman–Crippen LogP) is 2.86. The highest BCUT2D eigenvalue weighted by Gasteiger charge is 2.08. The molecular weight excluding hydrogens is 278 g/mol. The van der Waals surface area contributed by atoms with Crippen LogP contribution in [0.4, 0.5) is 0 Å². The summed E-state index contributed by atoms with van der Waals surface area (Å²) in [5, 5.41) is 11.1. The number of aromatic carboxylic acids is 1. The normalized spacial score (nSPS) is 10.2. The standard InChI is InChI=1S/C14H15NO4S/c1-18-10-4-2-5-11(8-10)19-7-3-6-13-15-12(9-20-13)14(16)17/h2,4-5,8-9H,3,6-7H2,1H3,(H,16,17). The number of hydrogen-bond acceptors (Lipinski definition) is 5. The number of carboxylic acid groups (broad SMARTS) is 1. The van der Waals surface area contributed by atoms with Crippen LogP contribution in [0, 0.1) is 0 Å². The summed E-state index contributed by atoms with van der Waals surface area (Å²) >= 11 is 1.36. The molecule has 0 saturated heterocycles. The molecule has 1 aromatic heterocycles. The molecule has 20 heavy (non-hydrogen) atoms. The van der Waals surface area contributed by atoms with Crippen molar-refractivity contribution in [3.63, 3.8) is 0 Å². The third kappa shape index (κ3) is 3.96. The maximum atomic E-state index is 10.7. The van der Waals surface area contributed by atoms with Gasteiger partial charge in [-0.05, 0) is 18.6 Å². The molecule has 0 radical (unpaired) electrons. The Kier molecular flexibility index (Phi) is 4.95. The van der Waals surface area contributed by atoms with Crippen LogP contribution in [0.1, 0.15) is 21.9 Å². The Bertz CT molecular complexity index is 582. The van der Waals surface area contributed by atoms with E-state index in [0.717, 1.165) is 22.9 Å². The molecule has 6 heteroatoms. The Morgan fingerprint density at radius 1 is 1.40 bits per heavy atom. The zero-order valence-electron chi connectivity index (χ0n) is 11.0. The lowest BCUT2D eigenvalue weighted by Gasteiger charge is -2.06. The first kappa shape index (κ1) is 14.3. The van der Waals surface area contributed by atoms with E-state index in [1.807, 2.05) is 24.3 Å². The molecule has 0 spiro atoms. The van der Waals surface area contributed by atoms with Crippen LogP contribution in [0.3, 0.4) is 0 Å². The summed E-state index contributed by atoms with van der Waals surface area (Å²) in [4.78, 5) is 14.7. The van der Waals surface area contributed by atoms with Crippen molar-refractivity contribution >= 4 is 17.3 Å². The van der Waals surface area contributed by atoms with Crippen LogP contribution < -0.4 is 9.47 Å². The number of ether oxygens (including phenoxy) is 2. The van der Waals surface area contributed by atoms with Crippen LogP contribution in [0.2, 0.25) is 0 Å². The number of nitrogens with zero attached hydrogens (tertiary/aromatic N) is 1. The molecule has 0 saturated carbocycles. The Balaban J connectivity index is 1.76. The van der Waals surface area contributed by atoms with E-state index in [9.17, 15) is 4.79 Å². The summed E-state index contributed by atoms with van der Waals surface area (Å²) in [5.41, 5.74) is 0.110. The first-order valence-electron chi connectivity index (χ1n) is 6.13.